The average molecular weight is 809 g/mol. The highest BCUT2D eigenvalue weighted by atomic mass is 35.5. The number of aryl methyl sites for hydroxylation is 2. The predicted octanol–water partition coefficient (Wildman–Crippen LogP) is 7.30. The Bertz CT molecular complexity index is 2640. The summed E-state index contributed by atoms with van der Waals surface area (Å²) in [6.07, 6.45) is -2.44. The van der Waals surface area contributed by atoms with Crippen LogP contribution < -0.4 is 10.0 Å². The maximum Gasteiger partial charge on any atom is 0.293 e. The maximum atomic E-state index is 15.3. The molecule has 2 aliphatic rings. The van der Waals surface area contributed by atoms with Gasteiger partial charge in [0.15, 0.2) is 11.5 Å². The van der Waals surface area contributed by atoms with E-state index in [1.54, 1.807) is 26.1 Å². The van der Waals surface area contributed by atoms with Gasteiger partial charge in [-0.2, -0.15) is 19.0 Å². The third-order valence-corrected chi connectivity index (χ3v) is 11.3. The lowest BCUT2D eigenvalue weighted by Gasteiger charge is -2.23. The first-order chi connectivity index (χ1) is 25.4. The van der Waals surface area contributed by atoms with E-state index in [0.717, 1.165) is 18.4 Å². The SMILES string of the molecule is Cc1nc2nc([C@@H](Cc3cc(F)cc(F)c3)NC(=O)Cn3nc(C(F)F)c4c3C(F)(F)[C@@H]3C[C@H]43)c(-c3ccc(Cl)c4c(NS(C)(=O)=O)nn(C)c34)cc2s1. The number of fused-ring (bicyclic) bond motifs is 5. The largest absolute Gasteiger partial charge is 0.346 e. The number of halogens is 7. The van der Waals surface area contributed by atoms with Gasteiger partial charge in [-0.25, -0.2) is 35.9 Å². The fourth-order valence-electron chi connectivity index (χ4n) is 7.44. The van der Waals surface area contributed by atoms with Gasteiger partial charge in [-0.05, 0) is 55.5 Å². The third-order valence-electron chi connectivity index (χ3n) is 9.52. The zero-order valence-electron chi connectivity index (χ0n) is 28.3. The lowest BCUT2D eigenvalue weighted by Crippen LogP contribution is -2.35. The first-order valence-electron chi connectivity index (χ1n) is 16.3. The molecule has 4 aromatic heterocycles. The Labute approximate surface area is 311 Å². The molecule has 2 N–H and O–H groups in total. The molecule has 0 bridgehead atoms. The molecule has 282 valence electrons. The number of nitrogens with zero attached hydrogens (tertiary/aromatic N) is 6. The molecule has 0 aliphatic heterocycles. The number of hydrogen-bond donors (Lipinski definition) is 2. The van der Waals surface area contributed by atoms with Crippen LogP contribution in [-0.2, 0) is 40.8 Å². The van der Waals surface area contributed by atoms with E-state index in [0.29, 0.717) is 37.1 Å². The zero-order chi connectivity index (χ0) is 38.6. The summed E-state index contributed by atoms with van der Waals surface area (Å²) in [5, 5.41) is 11.9. The van der Waals surface area contributed by atoms with Crippen LogP contribution in [0.1, 0.15) is 58.0 Å². The monoisotopic (exact) mass is 808 g/mol. The molecule has 2 aliphatic carbocycles. The van der Waals surface area contributed by atoms with E-state index in [9.17, 15) is 30.8 Å². The number of anilines is 1. The van der Waals surface area contributed by atoms with E-state index in [1.807, 2.05) is 0 Å². The van der Waals surface area contributed by atoms with E-state index in [1.165, 1.54) is 22.1 Å². The van der Waals surface area contributed by atoms with Crippen LogP contribution in [0.15, 0.2) is 36.4 Å². The Morgan fingerprint density at radius 2 is 1.80 bits per heavy atom. The van der Waals surface area contributed by atoms with Crippen molar-refractivity contribution in [2.75, 3.05) is 11.0 Å². The Morgan fingerprint density at radius 3 is 2.48 bits per heavy atom. The molecule has 0 spiro atoms. The van der Waals surface area contributed by atoms with Gasteiger partial charge < -0.3 is 5.32 Å². The van der Waals surface area contributed by atoms with Gasteiger partial charge in [-0.3, -0.25) is 18.9 Å². The number of alkyl halides is 4. The van der Waals surface area contributed by atoms with Crippen LogP contribution in [0.4, 0.5) is 32.2 Å². The summed E-state index contributed by atoms with van der Waals surface area (Å²) in [5.74, 6) is -8.19. The molecule has 0 unspecified atom stereocenters. The third kappa shape index (κ3) is 6.24. The number of thiazole rings is 1. The molecular formula is C34H27ClF6N8O3S2. The number of benzene rings is 2. The second kappa shape index (κ2) is 12.7. The molecule has 2 aromatic carbocycles. The smallest absolute Gasteiger partial charge is 0.293 e. The maximum absolute atomic E-state index is 15.3. The van der Waals surface area contributed by atoms with Gasteiger partial charge >= 0.3 is 0 Å². The zero-order valence-corrected chi connectivity index (χ0v) is 30.7. The standard InChI is InChI=1S/C34H27ClF6N8O3S2/c1-13-42-32-23(53-13)11-18(17-4-5-21(35)26-29(17)48(2)46-33(26)47-54(3,51)52)27(44-32)22(8-14-6-15(36)9-16(37)7-14)43-24(50)12-49-30-25(28(45-49)31(38)39)19-10-20(19)34(30,40)41/h4-7,9,11,19-20,22,31H,8,10,12H2,1-3H3,(H,43,50)(H,46,47)/t19-,20+,22+/m0/s1. The van der Waals surface area contributed by atoms with Gasteiger partial charge in [-0.1, -0.05) is 17.7 Å². The van der Waals surface area contributed by atoms with Crippen molar-refractivity contribution < 1.29 is 39.6 Å². The average Bonchev–Trinajstić information content (AvgIpc) is 3.37. The Balaban J connectivity index is 1.28. The number of aromatic nitrogens is 6. The first kappa shape index (κ1) is 36.2. The van der Waals surface area contributed by atoms with Gasteiger partial charge in [0.1, 0.15) is 29.6 Å². The fraction of sp³-hybridized carbons (Fsp3) is 0.324. The number of pyridine rings is 1. The molecule has 1 amide bonds. The highest BCUT2D eigenvalue weighted by Crippen LogP contribution is 2.68. The van der Waals surface area contributed by atoms with Gasteiger partial charge in [0.2, 0.25) is 15.9 Å². The number of carbonyl (C=O) groups is 1. The van der Waals surface area contributed by atoms with Gasteiger partial charge in [0.05, 0.1) is 43.6 Å². The summed E-state index contributed by atoms with van der Waals surface area (Å²) in [7, 11) is -2.24. The first-order valence-corrected chi connectivity index (χ1v) is 19.4. The highest BCUT2D eigenvalue weighted by molar-refractivity contribution is 7.92. The van der Waals surface area contributed by atoms with Crippen molar-refractivity contribution in [2.24, 2.45) is 13.0 Å². The molecular weight excluding hydrogens is 782 g/mol. The number of hydrogen-bond acceptors (Lipinski definition) is 8. The topological polar surface area (TPSA) is 137 Å². The molecule has 11 nitrogen and oxygen atoms in total. The van der Waals surface area contributed by atoms with Crippen molar-refractivity contribution in [2.45, 2.75) is 50.6 Å². The van der Waals surface area contributed by atoms with Crippen molar-refractivity contribution in [3.63, 3.8) is 0 Å². The van der Waals surface area contributed by atoms with Crippen molar-refractivity contribution in [1.82, 2.24) is 34.8 Å². The summed E-state index contributed by atoms with van der Waals surface area (Å²) in [6.45, 7) is 0.875. The Hall–Kier alpha value is -4.75. The van der Waals surface area contributed by atoms with Crippen LogP contribution in [0.2, 0.25) is 5.02 Å². The van der Waals surface area contributed by atoms with E-state index in [2.05, 4.69) is 25.2 Å². The van der Waals surface area contributed by atoms with Crippen LogP contribution in [0.5, 0.6) is 0 Å². The summed E-state index contributed by atoms with van der Waals surface area (Å²) in [4.78, 5) is 23.2. The molecule has 1 saturated carbocycles. The van der Waals surface area contributed by atoms with Crippen molar-refractivity contribution in [3.05, 3.63) is 86.3 Å². The van der Waals surface area contributed by atoms with Crippen molar-refractivity contribution in [3.8, 4) is 11.1 Å². The highest BCUT2D eigenvalue weighted by Gasteiger charge is 2.67. The molecule has 54 heavy (non-hydrogen) atoms. The van der Waals surface area contributed by atoms with Crippen molar-refractivity contribution >= 4 is 65.9 Å². The van der Waals surface area contributed by atoms with E-state index < -0.39 is 75.7 Å². The summed E-state index contributed by atoms with van der Waals surface area (Å²) < 4.78 is 117. The van der Waals surface area contributed by atoms with Crippen LogP contribution in [0.25, 0.3) is 32.4 Å². The second-order valence-corrected chi connectivity index (χ2v) is 16.8. The number of carbonyl (C=O) groups excluding carboxylic acids is 1. The molecule has 4 heterocycles. The minimum atomic E-state index is -3.80. The van der Waals surface area contributed by atoms with E-state index in [-0.39, 0.29) is 51.5 Å². The minimum absolute atomic E-state index is 0.0390. The van der Waals surface area contributed by atoms with E-state index in [4.69, 9.17) is 16.6 Å². The van der Waals surface area contributed by atoms with Crippen molar-refractivity contribution in [1.29, 1.82) is 0 Å². The van der Waals surface area contributed by atoms with E-state index >= 15 is 8.78 Å². The molecule has 0 radical (unpaired) electrons. The Kier molecular flexibility index (Phi) is 8.49. The number of nitrogens with one attached hydrogen (secondary N) is 2. The molecule has 1 fully saturated rings. The molecule has 8 rings (SSSR count). The van der Waals surface area contributed by atoms with Gasteiger partial charge in [0.25, 0.3) is 12.3 Å². The second-order valence-electron chi connectivity index (χ2n) is 13.4. The lowest BCUT2D eigenvalue weighted by molar-refractivity contribution is -0.123. The lowest BCUT2D eigenvalue weighted by atomic mass is 9.94. The fourth-order valence-corrected chi connectivity index (χ4v) is 8.99. The summed E-state index contributed by atoms with van der Waals surface area (Å²) in [6, 6.07) is 6.42. The predicted molar refractivity (Wildman–Crippen MR) is 188 cm³/mol. The quantitative estimate of drug-likeness (QED) is 0.139. The van der Waals surface area contributed by atoms with Crippen LogP contribution >= 0.6 is 22.9 Å². The summed E-state index contributed by atoms with van der Waals surface area (Å²) >= 11 is 7.90. The van der Waals surface area contributed by atoms with Crippen LogP contribution in [0.3, 0.4) is 0 Å². The molecule has 0 saturated heterocycles. The van der Waals surface area contributed by atoms with Gasteiger partial charge in [-0.15, -0.1) is 11.3 Å². The van der Waals surface area contributed by atoms with Crippen LogP contribution in [0, 0.1) is 24.5 Å². The Morgan fingerprint density at radius 1 is 1.07 bits per heavy atom. The normalized spacial score (nSPS) is 18.0. The number of rotatable bonds is 10. The minimum Gasteiger partial charge on any atom is -0.346 e. The molecule has 6 aromatic rings. The van der Waals surface area contributed by atoms with Gasteiger partial charge in [0, 0.05) is 35.7 Å². The van der Waals surface area contributed by atoms with Crippen LogP contribution in [-0.4, -0.2) is 50.1 Å². The molecule has 20 heteroatoms. The summed E-state index contributed by atoms with van der Waals surface area (Å²) in [5.41, 5.74) is -0.156. The molecule has 3 atom stereocenters. The number of amides is 1. The number of sulfonamides is 1.